The molecule has 1 rings (SSSR count). The summed E-state index contributed by atoms with van der Waals surface area (Å²) < 4.78 is 7.13. The van der Waals surface area contributed by atoms with Crippen molar-refractivity contribution in [2.24, 2.45) is 0 Å². The molecule has 0 saturated carbocycles. The van der Waals surface area contributed by atoms with Crippen LogP contribution in [0.4, 0.5) is 0 Å². The molecule has 1 aromatic heterocycles. The van der Waals surface area contributed by atoms with Gasteiger partial charge in [-0.1, -0.05) is 20.8 Å². The van der Waals surface area contributed by atoms with Crippen LogP contribution >= 0.6 is 15.9 Å². The number of aromatic nitrogens is 2. The highest BCUT2D eigenvalue weighted by Gasteiger charge is 2.36. The van der Waals surface area contributed by atoms with E-state index in [0.717, 1.165) is 23.2 Å². The fraction of sp³-hybridized carbons (Fsp3) is 0.727. The highest BCUT2D eigenvalue weighted by atomic mass is 79.9. The van der Waals surface area contributed by atoms with Crippen molar-refractivity contribution in [3.63, 3.8) is 0 Å². The Kier molecular flexibility index (Phi) is 4.37. The Morgan fingerprint density at radius 2 is 2.06 bits per heavy atom. The van der Waals surface area contributed by atoms with Crippen molar-refractivity contribution < 1.29 is 4.43 Å². The maximum Gasteiger partial charge on any atom is 0.191 e. The third kappa shape index (κ3) is 3.43. The lowest BCUT2D eigenvalue weighted by atomic mass is 10.2. The minimum absolute atomic E-state index is 0.276. The highest BCUT2D eigenvalue weighted by Crippen LogP contribution is 2.36. The van der Waals surface area contributed by atoms with Gasteiger partial charge in [0, 0.05) is 13.0 Å². The van der Waals surface area contributed by atoms with Crippen LogP contribution in [0.5, 0.6) is 0 Å². The fourth-order valence-electron chi connectivity index (χ4n) is 1.10. The normalized spacial score (nSPS) is 13.1. The summed E-state index contributed by atoms with van der Waals surface area (Å²) in [6.07, 6.45) is 2.66. The van der Waals surface area contributed by atoms with Crippen molar-refractivity contribution in [3.8, 4) is 0 Å². The van der Waals surface area contributed by atoms with Gasteiger partial charge in [0.25, 0.3) is 0 Å². The molecule has 0 aliphatic heterocycles. The molecule has 0 bridgehead atoms. The molecule has 0 atom stereocenters. The second-order valence-electron chi connectivity index (χ2n) is 5.56. The van der Waals surface area contributed by atoms with E-state index in [9.17, 15) is 0 Å². The van der Waals surface area contributed by atoms with E-state index in [1.165, 1.54) is 0 Å². The Balaban J connectivity index is 2.45. The smallest absolute Gasteiger partial charge is 0.191 e. The molecule has 0 spiro atoms. The summed E-state index contributed by atoms with van der Waals surface area (Å²) in [5.41, 5.74) is 1.11. The van der Waals surface area contributed by atoms with E-state index >= 15 is 0 Å². The summed E-state index contributed by atoms with van der Waals surface area (Å²) in [4.78, 5) is 0. The summed E-state index contributed by atoms with van der Waals surface area (Å²) in [5, 5.41) is 7.21. The zero-order valence-corrected chi connectivity index (χ0v) is 13.3. The van der Waals surface area contributed by atoms with E-state index in [-0.39, 0.29) is 5.04 Å². The van der Waals surface area contributed by atoms with Crippen LogP contribution in [0.25, 0.3) is 0 Å². The van der Waals surface area contributed by atoms with E-state index in [2.05, 4.69) is 60.0 Å². The van der Waals surface area contributed by atoms with E-state index < -0.39 is 8.32 Å². The standard InChI is InChI=1S/C11H21BrN2OSi/c1-11(2,3)16(4,5)15-7-6-10-9(12)8-13-14-10/h8H,6-7H2,1-5H3,(H,13,14). The summed E-state index contributed by atoms with van der Waals surface area (Å²) >= 11 is 3.45. The molecule has 0 saturated heterocycles. The molecule has 92 valence electrons. The Labute approximate surface area is 107 Å². The topological polar surface area (TPSA) is 37.9 Å². The second kappa shape index (κ2) is 5.02. The predicted molar refractivity (Wildman–Crippen MR) is 73.1 cm³/mol. The van der Waals surface area contributed by atoms with Crippen LogP contribution in [0, 0.1) is 0 Å². The van der Waals surface area contributed by atoms with Crippen molar-refractivity contribution in [1.82, 2.24) is 10.2 Å². The molecule has 1 aromatic rings. The van der Waals surface area contributed by atoms with Crippen LogP contribution in [0.2, 0.25) is 18.1 Å². The Hall–Kier alpha value is -0.133. The van der Waals surface area contributed by atoms with Crippen LogP contribution in [0.15, 0.2) is 10.7 Å². The molecule has 1 heterocycles. The van der Waals surface area contributed by atoms with Crippen LogP contribution in [-0.2, 0) is 10.8 Å². The first-order valence-electron chi connectivity index (χ1n) is 5.56. The van der Waals surface area contributed by atoms with Crippen molar-refractivity contribution in [2.45, 2.75) is 45.3 Å². The van der Waals surface area contributed by atoms with E-state index in [4.69, 9.17) is 4.43 Å². The summed E-state index contributed by atoms with van der Waals surface area (Å²) in [5.74, 6) is 0. The average Bonchev–Trinajstić information content (AvgIpc) is 2.49. The summed E-state index contributed by atoms with van der Waals surface area (Å²) in [7, 11) is -1.61. The van der Waals surface area contributed by atoms with Gasteiger partial charge in [-0.3, -0.25) is 5.10 Å². The van der Waals surface area contributed by atoms with Crippen molar-refractivity contribution >= 4 is 24.2 Å². The molecular formula is C11H21BrN2OSi. The maximum atomic E-state index is 6.09. The number of aromatic amines is 1. The minimum Gasteiger partial charge on any atom is -0.416 e. The van der Waals surface area contributed by atoms with Gasteiger partial charge < -0.3 is 4.43 Å². The zero-order valence-electron chi connectivity index (χ0n) is 10.7. The fourth-order valence-corrected chi connectivity index (χ4v) is 2.53. The first-order valence-corrected chi connectivity index (χ1v) is 9.26. The number of rotatable bonds is 4. The first kappa shape index (κ1) is 13.9. The number of nitrogens with zero attached hydrogens (tertiary/aromatic N) is 1. The van der Waals surface area contributed by atoms with Gasteiger partial charge in [0.1, 0.15) is 0 Å². The molecule has 0 radical (unpaired) electrons. The number of hydrogen-bond donors (Lipinski definition) is 1. The molecule has 16 heavy (non-hydrogen) atoms. The van der Waals surface area contributed by atoms with Gasteiger partial charge in [-0.25, -0.2) is 0 Å². The number of halogens is 1. The highest BCUT2D eigenvalue weighted by molar-refractivity contribution is 9.10. The Morgan fingerprint density at radius 3 is 2.50 bits per heavy atom. The van der Waals surface area contributed by atoms with Gasteiger partial charge in [0.15, 0.2) is 8.32 Å². The van der Waals surface area contributed by atoms with E-state index in [1.54, 1.807) is 6.20 Å². The molecule has 3 nitrogen and oxygen atoms in total. The molecule has 0 amide bonds. The molecule has 1 N–H and O–H groups in total. The third-order valence-electron chi connectivity index (χ3n) is 3.29. The van der Waals surface area contributed by atoms with E-state index in [1.807, 2.05) is 0 Å². The van der Waals surface area contributed by atoms with Crippen molar-refractivity contribution in [2.75, 3.05) is 6.61 Å². The van der Waals surface area contributed by atoms with Gasteiger partial charge in [-0.15, -0.1) is 0 Å². The minimum atomic E-state index is -1.61. The number of hydrogen-bond acceptors (Lipinski definition) is 2. The van der Waals surface area contributed by atoms with E-state index in [0.29, 0.717) is 0 Å². The molecule has 0 unspecified atom stereocenters. The number of H-pyrrole nitrogens is 1. The van der Waals surface area contributed by atoms with Gasteiger partial charge >= 0.3 is 0 Å². The monoisotopic (exact) mass is 304 g/mol. The van der Waals surface area contributed by atoms with Gasteiger partial charge in [0.05, 0.1) is 16.4 Å². The van der Waals surface area contributed by atoms with Crippen LogP contribution in [0.1, 0.15) is 26.5 Å². The lowest BCUT2D eigenvalue weighted by molar-refractivity contribution is 0.290. The molecular weight excluding hydrogens is 284 g/mol. The second-order valence-corrected chi connectivity index (χ2v) is 11.2. The van der Waals surface area contributed by atoms with Gasteiger partial charge in [0.2, 0.25) is 0 Å². The summed E-state index contributed by atoms with van der Waals surface area (Å²) in [6, 6.07) is 0. The quantitative estimate of drug-likeness (QED) is 0.861. The Bertz CT molecular complexity index is 344. The van der Waals surface area contributed by atoms with Crippen LogP contribution < -0.4 is 0 Å². The number of nitrogens with one attached hydrogen (secondary N) is 1. The lowest BCUT2D eigenvalue weighted by Crippen LogP contribution is -2.41. The maximum absolute atomic E-state index is 6.09. The largest absolute Gasteiger partial charge is 0.416 e. The molecule has 0 aliphatic carbocycles. The van der Waals surface area contributed by atoms with Gasteiger partial charge in [-0.2, -0.15) is 5.10 Å². The predicted octanol–water partition coefficient (Wildman–Crippen LogP) is 3.74. The Morgan fingerprint density at radius 1 is 1.44 bits per heavy atom. The van der Waals surface area contributed by atoms with Gasteiger partial charge in [-0.05, 0) is 34.1 Å². The molecule has 0 aliphatic rings. The lowest BCUT2D eigenvalue weighted by Gasteiger charge is -2.36. The molecule has 0 fully saturated rings. The SMILES string of the molecule is CC(C)(C)[Si](C)(C)OCCc1[nH]ncc1Br. The van der Waals surface area contributed by atoms with Crippen LogP contribution in [-0.4, -0.2) is 25.1 Å². The van der Waals surface area contributed by atoms with Crippen molar-refractivity contribution in [1.29, 1.82) is 0 Å². The van der Waals surface area contributed by atoms with Crippen LogP contribution in [0.3, 0.4) is 0 Å². The molecule has 0 aromatic carbocycles. The first-order chi connectivity index (χ1) is 7.24. The molecule has 5 heteroatoms. The third-order valence-corrected chi connectivity index (χ3v) is 8.51. The average molecular weight is 305 g/mol. The zero-order chi connectivity index (χ0) is 12.4. The summed E-state index contributed by atoms with van der Waals surface area (Å²) in [6.45, 7) is 12.1. The van der Waals surface area contributed by atoms with Crippen molar-refractivity contribution in [3.05, 3.63) is 16.4 Å².